The number of hydrogen-bond acceptors (Lipinski definition) is 7. The van der Waals surface area contributed by atoms with Gasteiger partial charge in [-0.1, -0.05) is 18.2 Å². The first-order valence-corrected chi connectivity index (χ1v) is 7.80. The van der Waals surface area contributed by atoms with Crippen molar-refractivity contribution in [1.82, 2.24) is 10.6 Å². The maximum absolute atomic E-state index is 12.2. The molecule has 2 N–H and O–H groups in total. The lowest BCUT2D eigenvalue weighted by molar-refractivity contribution is -0.123. The SMILES string of the molecule is COCCNC(=O)NC(=O)COC(=O)c1oc2ccccc2c1COC. The average molecular weight is 364 g/mol. The third kappa shape index (κ3) is 5.04. The summed E-state index contributed by atoms with van der Waals surface area (Å²) >= 11 is 0. The van der Waals surface area contributed by atoms with Crippen LogP contribution in [-0.2, 0) is 25.6 Å². The van der Waals surface area contributed by atoms with Crippen LogP contribution in [0.1, 0.15) is 16.1 Å². The van der Waals surface area contributed by atoms with Crippen molar-refractivity contribution < 1.29 is 33.0 Å². The summed E-state index contributed by atoms with van der Waals surface area (Å²) in [6, 6.07) is 6.38. The van der Waals surface area contributed by atoms with Crippen LogP contribution in [0.5, 0.6) is 0 Å². The zero-order valence-corrected chi connectivity index (χ0v) is 14.5. The van der Waals surface area contributed by atoms with Crippen molar-refractivity contribution in [3.05, 3.63) is 35.6 Å². The van der Waals surface area contributed by atoms with E-state index in [9.17, 15) is 14.4 Å². The summed E-state index contributed by atoms with van der Waals surface area (Å²) < 4.78 is 20.3. The first-order chi connectivity index (χ1) is 12.6. The Morgan fingerprint density at radius 2 is 1.88 bits per heavy atom. The number of furan rings is 1. The molecule has 0 saturated heterocycles. The van der Waals surface area contributed by atoms with E-state index in [-0.39, 0.29) is 18.9 Å². The molecule has 0 bridgehead atoms. The number of imide groups is 1. The van der Waals surface area contributed by atoms with Gasteiger partial charge in [-0.15, -0.1) is 0 Å². The molecule has 2 rings (SSSR count). The second-order valence-electron chi connectivity index (χ2n) is 5.21. The number of para-hydroxylation sites is 1. The minimum Gasteiger partial charge on any atom is -0.450 e. The maximum atomic E-state index is 12.2. The van der Waals surface area contributed by atoms with Gasteiger partial charge in [-0.3, -0.25) is 10.1 Å². The third-order valence-electron chi connectivity index (χ3n) is 3.35. The lowest BCUT2D eigenvalue weighted by Gasteiger charge is -2.07. The van der Waals surface area contributed by atoms with Crippen molar-refractivity contribution in [2.24, 2.45) is 0 Å². The summed E-state index contributed by atoms with van der Waals surface area (Å²) in [5.41, 5.74) is 1.04. The van der Waals surface area contributed by atoms with Gasteiger partial charge in [0.25, 0.3) is 5.91 Å². The highest BCUT2D eigenvalue weighted by atomic mass is 16.5. The van der Waals surface area contributed by atoms with Crippen LogP contribution < -0.4 is 10.6 Å². The number of esters is 1. The van der Waals surface area contributed by atoms with Gasteiger partial charge in [0.1, 0.15) is 5.58 Å². The zero-order chi connectivity index (χ0) is 18.9. The number of carbonyl (C=O) groups excluding carboxylic acids is 3. The van der Waals surface area contributed by atoms with Crippen molar-refractivity contribution in [3.8, 4) is 0 Å². The standard InChI is InChI=1S/C17H20N2O7/c1-23-8-7-18-17(22)19-14(20)10-25-16(21)15-12(9-24-2)11-5-3-4-6-13(11)26-15/h3-6H,7-10H2,1-2H3,(H2,18,19,20,22). The number of ether oxygens (including phenoxy) is 3. The number of hydrogen-bond donors (Lipinski definition) is 2. The Hall–Kier alpha value is -2.91. The van der Waals surface area contributed by atoms with E-state index in [2.05, 4.69) is 5.32 Å². The Morgan fingerprint density at radius 3 is 2.62 bits per heavy atom. The number of rotatable bonds is 8. The molecule has 1 aromatic carbocycles. The lowest BCUT2D eigenvalue weighted by atomic mass is 10.1. The van der Waals surface area contributed by atoms with Gasteiger partial charge in [0.05, 0.1) is 13.2 Å². The number of urea groups is 1. The van der Waals surface area contributed by atoms with Crippen LogP contribution in [0.15, 0.2) is 28.7 Å². The van der Waals surface area contributed by atoms with Crippen molar-refractivity contribution in [2.75, 3.05) is 34.0 Å². The number of methoxy groups -OCH3 is 2. The topological polar surface area (TPSA) is 116 Å². The van der Waals surface area contributed by atoms with Crippen molar-refractivity contribution in [1.29, 1.82) is 0 Å². The van der Waals surface area contributed by atoms with Gasteiger partial charge in [-0.05, 0) is 6.07 Å². The molecule has 1 aromatic heterocycles. The highest BCUT2D eigenvalue weighted by molar-refractivity contribution is 5.98. The predicted molar refractivity (Wildman–Crippen MR) is 90.6 cm³/mol. The van der Waals surface area contributed by atoms with Gasteiger partial charge in [0.15, 0.2) is 6.61 Å². The monoisotopic (exact) mass is 364 g/mol. The van der Waals surface area contributed by atoms with Gasteiger partial charge < -0.3 is 23.9 Å². The maximum Gasteiger partial charge on any atom is 0.375 e. The minimum atomic E-state index is -0.816. The fraction of sp³-hybridized carbons (Fsp3) is 0.353. The highest BCUT2D eigenvalue weighted by Gasteiger charge is 2.22. The molecule has 0 spiro atoms. The second kappa shape index (κ2) is 9.54. The fourth-order valence-electron chi connectivity index (χ4n) is 2.22. The molecule has 9 nitrogen and oxygen atoms in total. The van der Waals surface area contributed by atoms with E-state index in [1.54, 1.807) is 18.2 Å². The molecule has 0 unspecified atom stereocenters. The zero-order valence-electron chi connectivity index (χ0n) is 14.5. The first-order valence-electron chi connectivity index (χ1n) is 7.80. The van der Waals surface area contributed by atoms with E-state index in [1.807, 2.05) is 11.4 Å². The molecule has 0 aliphatic heterocycles. The molecule has 2 aromatic rings. The Kier molecular flexibility index (Phi) is 7.12. The molecule has 1 heterocycles. The summed E-state index contributed by atoms with van der Waals surface area (Å²) in [5, 5.41) is 5.17. The second-order valence-corrected chi connectivity index (χ2v) is 5.21. The molecule has 0 atom stereocenters. The molecule has 140 valence electrons. The number of benzene rings is 1. The number of nitrogens with one attached hydrogen (secondary N) is 2. The summed E-state index contributed by atoms with van der Waals surface area (Å²) in [7, 11) is 2.98. The normalized spacial score (nSPS) is 10.5. The fourth-order valence-corrected chi connectivity index (χ4v) is 2.22. The van der Waals surface area contributed by atoms with Crippen LogP contribution in [0.4, 0.5) is 4.79 Å². The molecule has 3 amide bonds. The third-order valence-corrected chi connectivity index (χ3v) is 3.35. The van der Waals surface area contributed by atoms with E-state index in [0.29, 0.717) is 17.8 Å². The number of carbonyl (C=O) groups is 3. The van der Waals surface area contributed by atoms with Gasteiger partial charge >= 0.3 is 12.0 Å². The molecular weight excluding hydrogens is 344 g/mol. The van der Waals surface area contributed by atoms with Crippen LogP contribution in [0.2, 0.25) is 0 Å². The molecule has 9 heteroatoms. The summed E-state index contributed by atoms with van der Waals surface area (Å²) in [4.78, 5) is 35.3. The van der Waals surface area contributed by atoms with E-state index in [4.69, 9.17) is 18.6 Å². The first kappa shape index (κ1) is 19.4. The van der Waals surface area contributed by atoms with Gasteiger partial charge in [-0.25, -0.2) is 9.59 Å². The van der Waals surface area contributed by atoms with Crippen LogP contribution in [0.25, 0.3) is 11.0 Å². The summed E-state index contributed by atoms with van der Waals surface area (Å²) in [6.07, 6.45) is 0. The minimum absolute atomic E-state index is 0.0367. The van der Waals surface area contributed by atoms with Crippen molar-refractivity contribution >= 4 is 28.9 Å². The number of fused-ring (bicyclic) bond motifs is 1. The summed E-state index contributed by atoms with van der Waals surface area (Å²) in [6.45, 7) is 0.0786. The smallest absolute Gasteiger partial charge is 0.375 e. The molecule has 0 aliphatic carbocycles. The van der Waals surface area contributed by atoms with Crippen LogP contribution in [-0.4, -0.2) is 51.9 Å². The van der Waals surface area contributed by atoms with Crippen LogP contribution in [0, 0.1) is 0 Å². The van der Waals surface area contributed by atoms with Crippen LogP contribution >= 0.6 is 0 Å². The summed E-state index contributed by atoms with van der Waals surface area (Å²) in [5.74, 6) is -1.62. The van der Waals surface area contributed by atoms with Gasteiger partial charge in [0.2, 0.25) is 5.76 Å². The van der Waals surface area contributed by atoms with Crippen molar-refractivity contribution in [3.63, 3.8) is 0 Å². The lowest BCUT2D eigenvalue weighted by Crippen LogP contribution is -2.42. The molecule has 26 heavy (non-hydrogen) atoms. The molecule has 0 radical (unpaired) electrons. The molecule has 0 saturated carbocycles. The molecule has 0 fully saturated rings. The van der Waals surface area contributed by atoms with E-state index in [1.165, 1.54) is 14.2 Å². The molecular formula is C17H20N2O7. The van der Waals surface area contributed by atoms with Gasteiger partial charge in [-0.2, -0.15) is 0 Å². The number of amides is 3. The quantitative estimate of drug-likeness (QED) is 0.534. The Morgan fingerprint density at radius 1 is 1.12 bits per heavy atom. The average Bonchev–Trinajstić information content (AvgIpc) is 2.99. The highest BCUT2D eigenvalue weighted by Crippen LogP contribution is 2.27. The Bertz CT molecular complexity index is 785. The Balaban J connectivity index is 1.95. The van der Waals surface area contributed by atoms with E-state index < -0.39 is 24.5 Å². The van der Waals surface area contributed by atoms with E-state index in [0.717, 1.165) is 5.39 Å². The predicted octanol–water partition coefficient (Wildman–Crippen LogP) is 1.21. The molecule has 0 aliphatic rings. The van der Waals surface area contributed by atoms with E-state index >= 15 is 0 Å². The van der Waals surface area contributed by atoms with Crippen molar-refractivity contribution in [2.45, 2.75) is 6.61 Å². The Labute approximate surface area is 149 Å². The van der Waals surface area contributed by atoms with Crippen LogP contribution in [0.3, 0.4) is 0 Å². The van der Waals surface area contributed by atoms with Gasteiger partial charge in [0, 0.05) is 31.7 Å². The largest absolute Gasteiger partial charge is 0.450 e.